The van der Waals surface area contributed by atoms with Crippen LogP contribution in [0.2, 0.25) is 0 Å². The van der Waals surface area contributed by atoms with E-state index in [4.69, 9.17) is 9.90 Å². The fraction of sp³-hybridized carbons (Fsp3) is 0.375. The van der Waals surface area contributed by atoms with Crippen molar-refractivity contribution in [3.63, 3.8) is 0 Å². The van der Waals surface area contributed by atoms with Gasteiger partial charge in [-0.25, -0.2) is 4.79 Å². The lowest BCUT2D eigenvalue weighted by molar-refractivity contribution is -0.192. The third-order valence-electron chi connectivity index (χ3n) is 3.79. The Morgan fingerprint density at radius 2 is 1.81 bits per heavy atom. The van der Waals surface area contributed by atoms with Crippen LogP contribution in [0, 0.1) is 13.8 Å². The highest BCUT2D eigenvalue weighted by Gasteiger charge is 2.38. The number of carboxylic acid groups (broad SMARTS) is 1. The molecule has 0 spiro atoms. The molecule has 1 saturated heterocycles. The van der Waals surface area contributed by atoms with Crippen molar-refractivity contribution >= 4 is 17.6 Å². The Morgan fingerprint density at radius 3 is 2.26 bits per heavy atom. The average Bonchev–Trinajstić information content (AvgIpc) is 2.98. The summed E-state index contributed by atoms with van der Waals surface area (Å²) in [4.78, 5) is 22.7. The van der Waals surface area contributed by atoms with Gasteiger partial charge >= 0.3 is 12.1 Å². The number of para-hydroxylation sites is 1. The van der Waals surface area contributed by atoms with Crippen molar-refractivity contribution in [3.05, 3.63) is 41.2 Å². The summed E-state index contributed by atoms with van der Waals surface area (Å²) in [6.07, 6.45) is -3.57. The van der Waals surface area contributed by atoms with Gasteiger partial charge in [-0.2, -0.15) is 23.1 Å². The first-order valence-electron chi connectivity index (χ1n) is 7.90. The van der Waals surface area contributed by atoms with Crippen molar-refractivity contribution in [1.29, 1.82) is 0 Å². The van der Waals surface area contributed by atoms with E-state index in [1.807, 2.05) is 32.0 Å². The van der Waals surface area contributed by atoms with Gasteiger partial charge in [-0.15, -0.1) is 5.10 Å². The Morgan fingerprint density at radius 1 is 1.26 bits per heavy atom. The van der Waals surface area contributed by atoms with Crippen molar-refractivity contribution in [1.82, 2.24) is 20.3 Å². The number of carboxylic acids is 1. The first-order chi connectivity index (χ1) is 12.6. The molecular weight excluding hydrogens is 367 g/mol. The van der Waals surface area contributed by atoms with Crippen molar-refractivity contribution in [3.8, 4) is 0 Å². The minimum atomic E-state index is -5.08. The molecule has 11 heteroatoms. The molecule has 3 N–H and O–H groups in total. The van der Waals surface area contributed by atoms with E-state index in [9.17, 15) is 18.0 Å². The number of aryl methyl sites for hydroxylation is 2. The number of rotatable bonds is 3. The molecule has 0 unspecified atom stereocenters. The molecule has 8 nitrogen and oxygen atoms in total. The van der Waals surface area contributed by atoms with Crippen molar-refractivity contribution < 1.29 is 27.9 Å². The quantitative estimate of drug-likeness (QED) is 0.745. The van der Waals surface area contributed by atoms with Crippen LogP contribution in [0.5, 0.6) is 0 Å². The maximum absolute atomic E-state index is 12.2. The molecule has 1 aliphatic heterocycles. The predicted molar refractivity (Wildman–Crippen MR) is 89.5 cm³/mol. The van der Waals surface area contributed by atoms with Crippen molar-refractivity contribution in [2.45, 2.75) is 26.1 Å². The molecule has 0 saturated carbocycles. The highest BCUT2D eigenvalue weighted by atomic mass is 19.4. The smallest absolute Gasteiger partial charge is 0.475 e. The van der Waals surface area contributed by atoms with Gasteiger partial charge in [-0.05, 0) is 25.0 Å². The van der Waals surface area contributed by atoms with Crippen molar-refractivity contribution in [2.24, 2.45) is 0 Å². The Kier molecular flexibility index (Phi) is 6.16. The number of nitrogens with one attached hydrogen (secondary N) is 2. The van der Waals surface area contributed by atoms with Gasteiger partial charge in [0.15, 0.2) is 5.69 Å². The minimum absolute atomic E-state index is 0.221. The largest absolute Gasteiger partial charge is 0.490 e. The van der Waals surface area contributed by atoms with E-state index in [1.165, 1.54) is 6.20 Å². The number of hydrogen-bond donors (Lipinski definition) is 3. The van der Waals surface area contributed by atoms with E-state index in [0.717, 1.165) is 29.9 Å². The van der Waals surface area contributed by atoms with Crippen LogP contribution in [-0.2, 0) is 4.79 Å². The second kappa shape index (κ2) is 8.16. The molecule has 27 heavy (non-hydrogen) atoms. The number of anilines is 1. The molecule has 2 heterocycles. The van der Waals surface area contributed by atoms with Gasteiger partial charge in [0.2, 0.25) is 0 Å². The number of hydrogen-bond acceptors (Lipinski definition) is 5. The average molecular weight is 385 g/mol. The summed E-state index contributed by atoms with van der Waals surface area (Å²) in [7, 11) is 0. The summed E-state index contributed by atoms with van der Waals surface area (Å²) in [5.74, 6) is -2.98. The molecule has 1 fully saturated rings. The van der Waals surface area contributed by atoms with Crippen LogP contribution in [0.4, 0.5) is 18.9 Å². The van der Waals surface area contributed by atoms with E-state index < -0.39 is 12.1 Å². The third kappa shape index (κ3) is 5.26. The third-order valence-corrected chi connectivity index (χ3v) is 3.79. The zero-order valence-electron chi connectivity index (χ0n) is 14.5. The standard InChI is InChI=1S/C14H17N5O.C2HF3O2/c1-9-4-3-5-10(2)13(9)17-14(20)12-8-16-19(18-12)11-6-15-7-11;3-2(4,5)1(6)7/h3-5,8,11,15H,6-7H2,1-2H3,(H,17,20);(H,6,7). The van der Waals surface area contributed by atoms with Crippen LogP contribution < -0.4 is 10.6 Å². The second-order valence-electron chi connectivity index (χ2n) is 5.89. The summed E-state index contributed by atoms with van der Waals surface area (Å²) in [6, 6.07) is 6.18. The van der Waals surface area contributed by atoms with E-state index in [-0.39, 0.29) is 11.9 Å². The number of halogens is 3. The van der Waals surface area contributed by atoms with Gasteiger partial charge in [0.05, 0.1) is 12.2 Å². The molecule has 146 valence electrons. The highest BCUT2D eigenvalue weighted by molar-refractivity contribution is 6.03. The Hall–Kier alpha value is -2.95. The monoisotopic (exact) mass is 385 g/mol. The fourth-order valence-electron chi connectivity index (χ4n) is 2.18. The Bertz CT molecular complexity index is 811. The Balaban J connectivity index is 0.000000321. The molecule has 1 amide bonds. The Labute approximate surface area is 152 Å². The van der Waals surface area contributed by atoms with Crippen LogP contribution in [0.3, 0.4) is 0 Å². The molecule has 1 aromatic heterocycles. The lowest BCUT2D eigenvalue weighted by Crippen LogP contribution is -2.44. The number of aliphatic carboxylic acids is 1. The molecule has 1 aliphatic rings. The number of nitrogens with zero attached hydrogens (tertiary/aromatic N) is 3. The van der Waals surface area contributed by atoms with Crippen LogP contribution in [-0.4, -0.2) is 51.2 Å². The van der Waals surface area contributed by atoms with E-state index in [2.05, 4.69) is 20.8 Å². The summed E-state index contributed by atoms with van der Waals surface area (Å²) < 4.78 is 31.7. The van der Waals surface area contributed by atoms with Gasteiger partial charge in [-0.1, -0.05) is 18.2 Å². The molecule has 3 rings (SSSR count). The van der Waals surface area contributed by atoms with E-state index in [1.54, 1.807) is 4.80 Å². The van der Waals surface area contributed by atoms with E-state index in [0.29, 0.717) is 5.69 Å². The van der Waals surface area contributed by atoms with Gasteiger partial charge in [0.1, 0.15) is 0 Å². The summed E-state index contributed by atoms with van der Waals surface area (Å²) in [5, 5.41) is 21.6. The first kappa shape index (κ1) is 20.4. The molecule has 0 radical (unpaired) electrons. The number of carbonyl (C=O) groups is 2. The minimum Gasteiger partial charge on any atom is -0.475 e. The summed E-state index contributed by atoms with van der Waals surface area (Å²) >= 11 is 0. The lowest BCUT2D eigenvalue weighted by Gasteiger charge is -2.25. The number of alkyl halides is 3. The normalized spacial score (nSPS) is 14.0. The fourth-order valence-corrected chi connectivity index (χ4v) is 2.18. The topological polar surface area (TPSA) is 109 Å². The van der Waals surface area contributed by atoms with Gasteiger partial charge in [0.25, 0.3) is 5.91 Å². The van der Waals surface area contributed by atoms with Crippen LogP contribution in [0.25, 0.3) is 0 Å². The zero-order chi connectivity index (χ0) is 20.2. The number of benzene rings is 1. The number of amides is 1. The molecular formula is C16H18F3N5O3. The molecule has 1 aromatic carbocycles. The van der Waals surface area contributed by atoms with Crippen molar-refractivity contribution in [2.75, 3.05) is 18.4 Å². The molecule has 0 atom stereocenters. The SMILES string of the molecule is Cc1cccc(C)c1NC(=O)c1cnn(C2CNC2)n1.O=C(O)C(F)(F)F. The van der Waals surface area contributed by atoms with E-state index >= 15 is 0 Å². The molecule has 0 aliphatic carbocycles. The number of aromatic nitrogens is 3. The predicted octanol–water partition coefficient (Wildman–Crippen LogP) is 1.92. The second-order valence-corrected chi connectivity index (χ2v) is 5.89. The van der Waals surface area contributed by atoms with Crippen LogP contribution >= 0.6 is 0 Å². The highest BCUT2D eigenvalue weighted by Crippen LogP contribution is 2.20. The molecule has 2 aromatic rings. The van der Waals surface area contributed by atoms with Crippen LogP contribution in [0.15, 0.2) is 24.4 Å². The zero-order valence-corrected chi connectivity index (χ0v) is 14.5. The van der Waals surface area contributed by atoms with Gasteiger partial charge < -0.3 is 15.7 Å². The maximum Gasteiger partial charge on any atom is 0.490 e. The first-order valence-corrected chi connectivity index (χ1v) is 7.90. The summed E-state index contributed by atoms with van der Waals surface area (Å²) in [6.45, 7) is 5.65. The number of carbonyl (C=O) groups excluding carboxylic acids is 1. The van der Waals surface area contributed by atoms with Crippen LogP contribution in [0.1, 0.15) is 27.7 Å². The molecule has 0 bridgehead atoms. The van der Waals surface area contributed by atoms with Gasteiger partial charge in [0, 0.05) is 18.8 Å². The maximum atomic E-state index is 12.2. The van der Waals surface area contributed by atoms with Gasteiger partial charge in [-0.3, -0.25) is 4.79 Å². The lowest BCUT2D eigenvalue weighted by atomic mass is 10.1. The summed E-state index contributed by atoms with van der Waals surface area (Å²) in [5.41, 5.74) is 3.26.